The van der Waals surface area contributed by atoms with Crippen molar-refractivity contribution in [1.82, 2.24) is 0 Å². The van der Waals surface area contributed by atoms with E-state index in [1.54, 1.807) is 6.92 Å². The highest BCUT2D eigenvalue weighted by molar-refractivity contribution is 5.83. The molecule has 0 aliphatic heterocycles. The van der Waals surface area contributed by atoms with Gasteiger partial charge >= 0.3 is 0 Å². The van der Waals surface area contributed by atoms with Crippen molar-refractivity contribution in [2.24, 2.45) is 0 Å². The Morgan fingerprint density at radius 2 is 1.21 bits per heavy atom. The maximum absolute atomic E-state index is 11.8. The van der Waals surface area contributed by atoms with E-state index in [4.69, 9.17) is 0 Å². The van der Waals surface area contributed by atoms with Crippen LogP contribution in [0.5, 0.6) is 17.2 Å². The topological polar surface area (TPSA) is 77.8 Å². The van der Waals surface area contributed by atoms with Crippen LogP contribution in [0.1, 0.15) is 56.7 Å². The van der Waals surface area contributed by atoms with Crippen LogP contribution >= 0.6 is 0 Å². The zero-order chi connectivity index (χ0) is 18.4. The number of hydrogen-bond acceptors (Lipinski definition) is 4. The quantitative estimate of drug-likeness (QED) is 0.588. The van der Waals surface area contributed by atoms with Gasteiger partial charge in [0.25, 0.3) is 0 Å². The molecule has 0 atom stereocenters. The van der Waals surface area contributed by atoms with E-state index in [0.717, 1.165) is 11.1 Å². The number of rotatable bonds is 9. The molecule has 0 radical (unpaired) electrons. The van der Waals surface area contributed by atoms with Crippen LogP contribution in [0.3, 0.4) is 0 Å². The normalized spacial score (nSPS) is 10.6. The Labute approximate surface area is 144 Å². The average Bonchev–Trinajstić information content (AvgIpc) is 2.50. The number of Topliss-reactive ketones (excluding diaryl/α,β-unsaturated/α-hetero) is 1. The van der Waals surface area contributed by atoms with Crippen LogP contribution < -0.4 is 0 Å². The number of carbonyl (C=O) groups excluding carboxylic acids is 1. The maximum Gasteiger partial charge on any atom is 0.137 e. The van der Waals surface area contributed by atoms with Crippen LogP contribution in [0.2, 0.25) is 0 Å². The third kappa shape index (κ3) is 4.88. The second-order valence-corrected chi connectivity index (χ2v) is 6.46. The first-order chi connectivity index (χ1) is 11.2. The summed E-state index contributed by atoms with van der Waals surface area (Å²) in [6, 6.07) is 0. The molecule has 24 heavy (non-hydrogen) atoms. The van der Waals surface area contributed by atoms with Crippen LogP contribution in [-0.2, 0) is 24.1 Å². The number of benzene rings is 1. The number of allylic oxidation sites excluding steroid dienone is 2. The molecule has 0 unspecified atom stereocenters. The van der Waals surface area contributed by atoms with Gasteiger partial charge in [-0.1, -0.05) is 18.1 Å². The molecule has 0 amide bonds. The van der Waals surface area contributed by atoms with Crippen molar-refractivity contribution in [2.75, 3.05) is 0 Å². The van der Waals surface area contributed by atoms with Gasteiger partial charge in [0.05, 0.1) is 0 Å². The van der Waals surface area contributed by atoms with Crippen molar-refractivity contribution in [1.29, 1.82) is 0 Å². The predicted molar refractivity (Wildman–Crippen MR) is 96.7 cm³/mol. The second kappa shape index (κ2) is 8.57. The molecule has 4 heteroatoms. The molecule has 1 rings (SSSR count). The average molecular weight is 332 g/mol. The van der Waals surface area contributed by atoms with Crippen molar-refractivity contribution in [2.45, 2.75) is 59.3 Å². The van der Waals surface area contributed by atoms with Gasteiger partial charge in [-0.15, -0.1) is 13.2 Å². The summed E-state index contributed by atoms with van der Waals surface area (Å²) in [5.41, 5.74) is 2.79. The third-order valence-electron chi connectivity index (χ3n) is 4.09. The monoisotopic (exact) mass is 332 g/mol. The molecule has 0 fully saturated rings. The predicted octanol–water partition coefficient (Wildman–Crippen LogP) is 4.34. The molecule has 0 spiro atoms. The fourth-order valence-corrected chi connectivity index (χ4v) is 2.52. The van der Waals surface area contributed by atoms with Crippen LogP contribution in [0, 0.1) is 0 Å². The minimum atomic E-state index is -0.188. The molecule has 1 aromatic rings. The highest BCUT2D eigenvalue weighted by atomic mass is 16.3. The van der Waals surface area contributed by atoms with E-state index < -0.39 is 0 Å². The number of aromatic hydroxyl groups is 3. The van der Waals surface area contributed by atoms with Crippen LogP contribution in [-0.4, -0.2) is 21.1 Å². The summed E-state index contributed by atoms with van der Waals surface area (Å²) in [7, 11) is 0. The van der Waals surface area contributed by atoms with Crippen molar-refractivity contribution in [3.05, 3.63) is 41.0 Å². The molecule has 0 saturated heterocycles. The standard InChI is InChI=1S/C20H28O4/c1-6-14(21)11-17-19(23)15(9-7-12(2)3)18(22)16(20(17)24)10-8-13(4)5/h22-24H,2,4,6-11H2,1,3,5H3. The molecule has 0 aromatic heterocycles. The van der Waals surface area contributed by atoms with Crippen LogP contribution in [0.25, 0.3) is 0 Å². The summed E-state index contributed by atoms with van der Waals surface area (Å²) >= 11 is 0. The fraction of sp³-hybridized carbons (Fsp3) is 0.450. The van der Waals surface area contributed by atoms with E-state index in [0.29, 0.717) is 43.2 Å². The van der Waals surface area contributed by atoms with E-state index in [-0.39, 0.29) is 35.0 Å². The Morgan fingerprint density at radius 3 is 1.54 bits per heavy atom. The van der Waals surface area contributed by atoms with E-state index >= 15 is 0 Å². The lowest BCUT2D eigenvalue weighted by atomic mass is 9.91. The number of phenolic OH excluding ortho intramolecular Hbond substituents is 3. The Kier molecular flexibility index (Phi) is 7.08. The van der Waals surface area contributed by atoms with E-state index in [2.05, 4.69) is 13.2 Å². The molecule has 0 heterocycles. The lowest BCUT2D eigenvalue weighted by Crippen LogP contribution is -2.05. The molecule has 0 aliphatic rings. The molecule has 0 saturated carbocycles. The van der Waals surface area contributed by atoms with Crippen LogP contribution in [0.15, 0.2) is 24.3 Å². The first-order valence-corrected chi connectivity index (χ1v) is 8.26. The molecule has 132 valence electrons. The van der Waals surface area contributed by atoms with Gasteiger partial charge in [0, 0.05) is 29.5 Å². The van der Waals surface area contributed by atoms with Gasteiger partial charge in [-0.2, -0.15) is 0 Å². The van der Waals surface area contributed by atoms with Gasteiger partial charge in [-0.3, -0.25) is 4.79 Å². The summed E-state index contributed by atoms with van der Waals surface area (Å²) in [5, 5.41) is 31.5. The first kappa shape index (κ1) is 19.8. The molecule has 4 nitrogen and oxygen atoms in total. The summed E-state index contributed by atoms with van der Waals surface area (Å²) in [6.45, 7) is 13.2. The van der Waals surface area contributed by atoms with E-state index in [9.17, 15) is 20.1 Å². The smallest absolute Gasteiger partial charge is 0.137 e. The number of ketones is 1. The lowest BCUT2D eigenvalue weighted by Gasteiger charge is -2.18. The van der Waals surface area contributed by atoms with Crippen LogP contribution in [0.4, 0.5) is 0 Å². The highest BCUT2D eigenvalue weighted by Crippen LogP contribution is 2.44. The molecule has 0 aliphatic carbocycles. The van der Waals surface area contributed by atoms with Crippen molar-refractivity contribution >= 4 is 5.78 Å². The third-order valence-corrected chi connectivity index (χ3v) is 4.09. The zero-order valence-corrected chi connectivity index (χ0v) is 14.9. The highest BCUT2D eigenvalue weighted by Gasteiger charge is 2.24. The summed E-state index contributed by atoms with van der Waals surface area (Å²) in [6.07, 6.45) is 2.29. The number of carbonyl (C=O) groups is 1. The zero-order valence-electron chi connectivity index (χ0n) is 14.9. The number of hydrogen-bond donors (Lipinski definition) is 3. The van der Waals surface area contributed by atoms with Gasteiger partial charge in [0.2, 0.25) is 0 Å². The van der Waals surface area contributed by atoms with Gasteiger partial charge in [0.1, 0.15) is 23.0 Å². The van der Waals surface area contributed by atoms with Gasteiger partial charge < -0.3 is 15.3 Å². The second-order valence-electron chi connectivity index (χ2n) is 6.46. The summed E-state index contributed by atoms with van der Waals surface area (Å²) in [5.74, 6) is -0.553. The molecule has 1 aromatic carbocycles. The fourth-order valence-electron chi connectivity index (χ4n) is 2.52. The van der Waals surface area contributed by atoms with Gasteiger partial charge in [0.15, 0.2) is 0 Å². The Hall–Kier alpha value is -2.23. The Bertz CT molecular complexity index is 611. The van der Waals surface area contributed by atoms with Gasteiger partial charge in [-0.05, 0) is 39.5 Å². The lowest BCUT2D eigenvalue weighted by molar-refractivity contribution is -0.118. The number of phenols is 3. The Balaban J connectivity index is 3.42. The van der Waals surface area contributed by atoms with Crippen molar-refractivity contribution in [3.8, 4) is 17.2 Å². The maximum atomic E-state index is 11.8. The molecule has 0 bridgehead atoms. The summed E-state index contributed by atoms with van der Waals surface area (Å²) in [4.78, 5) is 11.8. The van der Waals surface area contributed by atoms with E-state index in [1.165, 1.54) is 0 Å². The van der Waals surface area contributed by atoms with Gasteiger partial charge in [-0.25, -0.2) is 0 Å². The summed E-state index contributed by atoms with van der Waals surface area (Å²) < 4.78 is 0. The molecular formula is C20H28O4. The minimum absolute atomic E-state index is 0.0470. The minimum Gasteiger partial charge on any atom is -0.507 e. The SMILES string of the molecule is C=C(C)CCc1c(O)c(CCC(=C)C)c(O)c(CC(=O)CC)c1O. The van der Waals surface area contributed by atoms with Crippen molar-refractivity contribution in [3.63, 3.8) is 0 Å². The first-order valence-electron chi connectivity index (χ1n) is 8.26. The van der Waals surface area contributed by atoms with Crippen molar-refractivity contribution < 1.29 is 20.1 Å². The molecule has 3 N–H and O–H groups in total. The Morgan fingerprint density at radius 1 is 0.833 bits per heavy atom. The van der Waals surface area contributed by atoms with E-state index in [1.807, 2.05) is 13.8 Å². The largest absolute Gasteiger partial charge is 0.507 e. The molecular weight excluding hydrogens is 304 g/mol.